The van der Waals surface area contributed by atoms with Crippen molar-refractivity contribution in [3.63, 3.8) is 0 Å². The molecule has 0 unspecified atom stereocenters. The predicted octanol–water partition coefficient (Wildman–Crippen LogP) is 1.83. The van der Waals surface area contributed by atoms with Crippen molar-refractivity contribution >= 4 is 11.7 Å². The summed E-state index contributed by atoms with van der Waals surface area (Å²) < 4.78 is 0. The number of likely N-dealkylation sites (N-methyl/N-ethyl adjacent to an activating group) is 1. The molecule has 1 aliphatic carbocycles. The van der Waals surface area contributed by atoms with Gasteiger partial charge in [0.15, 0.2) is 0 Å². The van der Waals surface area contributed by atoms with Gasteiger partial charge in [-0.1, -0.05) is 19.3 Å². The van der Waals surface area contributed by atoms with Crippen LogP contribution < -0.4 is 10.6 Å². The van der Waals surface area contributed by atoms with Gasteiger partial charge in [0.25, 0.3) is 0 Å². The van der Waals surface area contributed by atoms with Gasteiger partial charge in [-0.05, 0) is 32.0 Å². The average Bonchev–Trinajstić information content (AvgIpc) is 2.55. The molecule has 3 N–H and O–H groups in total. The fourth-order valence-corrected chi connectivity index (χ4v) is 3.15. The zero-order chi connectivity index (χ0) is 15.8. The first-order chi connectivity index (χ1) is 10.7. The Bertz CT molecular complexity index is 460. The van der Waals surface area contributed by atoms with E-state index in [-0.39, 0.29) is 18.2 Å². The SMILES string of the molecule is CN(CCO)C1(CNC(=O)Nc2cccnc2)CCCCC1. The first kappa shape index (κ1) is 16.7. The Kier molecular flexibility index (Phi) is 6.15. The molecule has 1 heterocycles. The van der Waals surface area contributed by atoms with Gasteiger partial charge < -0.3 is 15.7 Å². The van der Waals surface area contributed by atoms with Crippen LogP contribution in [-0.2, 0) is 0 Å². The van der Waals surface area contributed by atoms with Gasteiger partial charge in [0.1, 0.15) is 0 Å². The molecule has 0 atom stereocenters. The van der Waals surface area contributed by atoms with Gasteiger partial charge in [-0.25, -0.2) is 4.79 Å². The standard InChI is InChI=1S/C16H26N4O2/c1-20(10-11-21)16(7-3-2-4-8-16)13-18-15(22)19-14-6-5-9-17-12-14/h5-6,9,12,21H,2-4,7-8,10-11,13H2,1H3,(H2,18,19,22). The van der Waals surface area contributed by atoms with Crippen LogP contribution in [0.1, 0.15) is 32.1 Å². The number of aliphatic hydroxyl groups excluding tert-OH is 1. The van der Waals surface area contributed by atoms with Crippen molar-refractivity contribution in [2.75, 3.05) is 32.1 Å². The number of aliphatic hydroxyl groups is 1. The van der Waals surface area contributed by atoms with Crippen molar-refractivity contribution in [3.05, 3.63) is 24.5 Å². The molecule has 6 nitrogen and oxygen atoms in total. The van der Waals surface area contributed by atoms with Crippen molar-refractivity contribution in [2.45, 2.75) is 37.6 Å². The number of carbonyl (C=O) groups excluding carboxylic acids is 1. The normalized spacial score (nSPS) is 17.2. The van der Waals surface area contributed by atoms with E-state index in [0.717, 1.165) is 12.8 Å². The number of nitrogens with one attached hydrogen (secondary N) is 2. The van der Waals surface area contributed by atoms with Crippen LogP contribution in [-0.4, -0.2) is 53.3 Å². The van der Waals surface area contributed by atoms with Crippen LogP contribution >= 0.6 is 0 Å². The lowest BCUT2D eigenvalue weighted by atomic mass is 9.80. The lowest BCUT2D eigenvalue weighted by Gasteiger charge is -2.44. The Labute approximate surface area is 131 Å². The number of hydrogen-bond donors (Lipinski definition) is 3. The molecule has 1 fully saturated rings. The summed E-state index contributed by atoms with van der Waals surface area (Å²) in [7, 11) is 2.03. The number of hydrogen-bond acceptors (Lipinski definition) is 4. The van der Waals surface area contributed by atoms with E-state index in [1.165, 1.54) is 19.3 Å². The van der Waals surface area contributed by atoms with Crippen LogP contribution in [0.25, 0.3) is 0 Å². The van der Waals surface area contributed by atoms with Crippen molar-refractivity contribution < 1.29 is 9.90 Å². The molecule has 122 valence electrons. The molecule has 0 spiro atoms. The lowest BCUT2D eigenvalue weighted by molar-refractivity contribution is 0.0605. The second-order valence-corrected chi connectivity index (χ2v) is 5.98. The number of pyridine rings is 1. The van der Waals surface area contributed by atoms with E-state index in [2.05, 4.69) is 20.5 Å². The molecular weight excluding hydrogens is 280 g/mol. The van der Waals surface area contributed by atoms with Crippen LogP contribution in [0.2, 0.25) is 0 Å². The number of rotatable bonds is 6. The third kappa shape index (κ3) is 4.42. The van der Waals surface area contributed by atoms with Gasteiger partial charge >= 0.3 is 6.03 Å². The Morgan fingerprint density at radius 1 is 1.41 bits per heavy atom. The summed E-state index contributed by atoms with van der Waals surface area (Å²) in [5.41, 5.74) is 0.634. The summed E-state index contributed by atoms with van der Waals surface area (Å²) >= 11 is 0. The molecule has 0 aromatic carbocycles. The molecule has 6 heteroatoms. The number of nitrogens with zero attached hydrogens (tertiary/aromatic N) is 2. The molecule has 1 saturated carbocycles. The Morgan fingerprint density at radius 3 is 2.82 bits per heavy atom. The zero-order valence-electron chi connectivity index (χ0n) is 13.2. The lowest BCUT2D eigenvalue weighted by Crippen LogP contribution is -2.56. The minimum atomic E-state index is -0.213. The van der Waals surface area contributed by atoms with E-state index in [0.29, 0.717) is 18.8 Å². The second-order valence-electron chi connectivity index (χ2n) is 5.98. The van der Waals surface area contributed by atoms with Crippen molar-refractivity contribution in [1.29, 1.82) is 0 Å². The number of anilines is 1. The largest absolute Gasteiger partial charge is 0.395 e. The third-order valence-corrected chi connectivity index (χ3v) is 4.53. The second kappa shape index (κ2) is 8.10. The van der Waals surface area contributed by atoms with Crippen LogP contribution in [0, 0.1) is 0 Å². The van der Waals surface area contributed by atoms with Crippen molar-refractivity contribution in [3.8, 4) is 0 Å². The van der Waals surface area contributed by atoms with E-state index in [9.17, 15) is 9.90 Å². The van der Waals surface area contributed by atoms with Gasteiger partial charge in [-0.15, -0.1) is 0 Å². The monoisotopic (exact) mass is 306 g/mol. The topological polar surface area (TPSA) is 77.5 Å². The maximum absolute atomic E-state index is 12.1. The summed E-state index contributed by atoms with van der Waals surface area (Å²) in [5.74, 6) is 0. The molecule has 0 aliphatic heterocycles. The van der Waals surface area contributed by atoms with Gasteiger partial charge in [0.2, 0.25) is 0 Å². The highest BCUT2D eigenvalue weighted by Crippen LogP contribution is 2.32. The number of amides is 2. The Balaban J connectivity index is 1.91. The molecule has 0 bridgehead atoms. The maximum atomic E-state index is 12.1. The Hall–Kier alpha value is -1.66. The predicted molar refractivity (Wildman–Crippen MR) is 86.8 cm³/mol. The van der Waals surface area contributed by atoms with E-state index in [4.69, 9.17) is 0 Å². The maximum Gasteiger partial charge on any atom is 0.319 e. The van der Waals surface area contributed by atoms with E-state index in [1.807, 2.05) is 7.05 Å². The first-order valence-corrected chi connectivity index (χ1v) is 7.93. The quantitative estimate of drug-likeness (QED) is 0.749. The molecular formula is C16H26N4O2. The highest BCUT2D eigenvalue weighted by molar-refractivity contribution is 5.89. The minimum Gasteiger partial charge on any atom is -0.395 e. The van der Waals surface area contributed by atoms with E-state index < -0.39 is 0 Å². The number of urea groups is 1. The number of carbonyl (C=O) groups is 1. The van der Waals surface area contributed by atoms with Crippen LogP contribution in [0.15, 0.2) is 24.5 Å². The highest BCUT2D eigenvalue weighted by Gasteiger charge is 2.35. The molecule has 22 heavy (non-hydrogen) atoms. The molecule has 0 radical (unpaired) electrons. The average molecular weight is 306 g/mol. The summed E-state index contributed by atoms with van der Waals surface area (Å²) in [6, 6.07) is 3.38. The van der Waals surface area contributed by atoms with Gasteiger partial charge in [-0.2, -0.15) is 0 Å². The van der Waals surface area contributed by atoms with Crippen LogP contribution in [0.4, 0.5) is 10.5 Å². The molecule has 2 rings (SSSR count). The molecule has 1 aromatic rings. The van der Waals surface area contributed by atoms with Crippen LogP contribution in [0.5, 0.6) is 0 Å². The van der Waals surface area contributed by atoms with E-state index >= 15 is 0 Å². The zero-order valence-corrected chi connectivity index (χ0v) is 13.2. The third-order valence-electron chi connectivity index (χ3n) is 4.53. The minimum absolute atomic E-state index is 0.0484. The molecule has 0 saturated heterocycles. The summed E-state index contributed by atoms with van der Waals surface area (Å²) in [6.45, 7) is 1.36. The summed E-state index contributed by atoms with van der Waals surface area (Å²) in [6.07, 6.45) is 8.98. The molecule has 2 amide bonds. The molecule has 1 aliphatic rings. The first-order valence-electron chi connectivity index (χ1n) is 7.93. The van der Waals surface area contributed by atoms with E-state index in [1.54, 1.807) is 24.5 Å². The summed E-state index contributed by atoms with van der Waals surface area (Å²) in [5, 5.41) is 15.0. The van der Waals surface area contributed by atoms with Gasteiger partial charge in [0, 0.05) is 24.8 Å². The fraction of sp³-hybridized carbons (Fsp3) is 0.625. The highest BCUT2D eigenvalue weighted by atomic mass is 16.3. The fourth-order valence-electron chi connectivity index (χ4n) is 3.15. The van der Waals surface area contributed by atoms with Crippen molar-refractivity contribution in [1.82, 2.24) is 15.2 Å². The van der Waals surface area contributed by atoms with Crippen LogP contribution in [0.3, 0.4) is 0 Å². The summed E-state index contributed by atoms with van der Waals surface area (Å²) in [4.78, 5) is 18.2. The Morgan fingerprint density at radius 2 is 2.18 bits per heavy atom. The smallest absolute Gasteiger partial charge is 0.319 e. The van der Waals surface area contributed by atoms with Gasteiger partial charge in [0.05, 0.1) is 18.5 Å². The van der Waals surface area contributed by atoms with Crippen molar-refractivity contribution in [2.24, 2.45) is 0 Å². The van der Waals surface area contributed by atoms with Gasteiger partial charge in [-0.3, -0.25) is 9.88 Å². The number of β-amino-alcohol motifs (C(OH)–C–C–N with tert-alkyl or cyclic N) is 1. The molecule has 1 aromatic heterocycles. The number of aromatic nitrogens is 1.